The molecule has 0 unspecified atom stereocenters. The quantitative estimate of drug-likeness (QED) is 0.268. The Kier molecular flexibility index (Phi) is 6.34. The van der Waals surface area contributed by atoms with Gasteiger partial charge in [-0.2, -0.15) is 8.42 Å². The smallest absolute Gasteiger partial charge is 0.333 e. The van der Waals surface area contributed by atoms with E-state index in [4.69, 9.17) is 9.88 Å². The summed E-state index contributed by atoms with van der Waals surface area (Å²) in [7, 11) is -4.24. The van der Waals surface area contributed by atoms with Crippen molar-refractivity contribution in [3.63, 3.8) is 0 Å². The lowest BCUT2D eigenvalue weighted by atomic mass is 10.1. The first-order valence-corrected chi connectivity index (χ1v) is 11.0. The Morgan fingerprint density at radius 2 is 1.94 bits per heavy atom. The van der Waals surface area contributed by atoms with Crippen molar-refractivity contribution in [2.24, 2.45) is 5.14 Å². The Balaban J connectivity index is 1.59. The number of aliphatic hydroxyl groups is 3. The zero-order chi connectivity index (χ0) is 22.9. The molecule has 3 heterocycles. The molecular formula is C18H22N6O7S. The number of aromatic nitrogens is 4. The maximum absolute atomic E-state index is 11.0. The van der Waals surface area contributed by atoms with Crippen LogP contribution in [0.1, 0.15) is 17.8 Å². The number of aliphatic hydroxyl groups excluding tert-OH is 3. The Morgan fingerprint density at radius 3 is 2.62 bits per heavy atom. The number of nitrogens with zero attached hydrogens (tertiary/aromatic N) is 4. The van der Waals surface area contributed by atoms with Crippen LogP contribution in [0.3, 0.4) is 0 Å². The summed E-state index contributed by atoms with van der Waals surface area (Å²) in [4.78, 5) is 12.7. The lowest BCUT2D eigenvalue weighted by molar-refractivity contribution is -0.0467. The third-order valence-electron chi connectivity index (χ3n) is 5.06. The van der Waals surface area contributed by atoms with Gasteiger partial charge in [-0.25, -0.2) is 20.1 Å². The molecule has 0 spiro atoms. The van der Waals surface area contributed by atoms with Crippen molar-refractivity contribution >= 4 is 27.3 Å². The lowest BCUT2D eigenvalue weighted by Crippen LogP contribution is -2.35. The molecule has 6 N–H and O–H groups in total. The zero-order valence-electron chi connectivity index (χ0n) is 16.6. The predicted octanol–water partition coefficient (Wildman–Crippen LogP) is -1.19. The summed E-state index contributed by atoms with van der Waals surface area (Å²) in [6.07, 6.45) is -2.49. The van der Waals surface area contributed by atoms with Gasteiger partial charge in [0.15, 0.2) is 23.2 Å². The monoisotopic (exact) mass is 466 g/mol. The molecule has 14 heteroatoms. The van der Waals surface area contributed by atoms with E-state index in [-0.39, 0.29) is 12.3 Å². The molecule has 0 aliphatic carbocycles. The average Bonchev–Trinajstić information content (AvgIpc) is 3.32. The number of nitrogens with one attached hydrogen (secondary N) is 1. The van der Waals surface area contributed by atoms with Crippen LogP contribution in [-0.2, 0) is 19.2 Å². The third kappa shape index (κ3) is 4.56. The summed E-state index contributed by atoms with van der Waals surface area (Å²) in [6, 6.07) is 8.84. The first kappa shape index (κ1) is 22.5. The van der Waals surface area contributed by atoms with Gasteiger partial charge in [-0.1, -0.05) is 30.3 Å². The van der Waals surface area contributed by atoms with Crippen LogP contribution in [-0.4, -0.2) is 74.8 Å². The number of rotatable bonds is 8. The molecule has 0 bridgehead atoms. The van der Waals surface area contributed by atoms with Crippen molar-refractivity contribution in [1.82, 2.24) is 19.5 Å². The van der Waals surface area contributed by atoms with Crippen LogP contribution in [0.4, 0.5) is 5.82 Å². The van der Waals surface area contributed by atoms with Crippen LogP contribution in [0.2, 0.25) is 0 Å². The maximum Gasteiger partial charge on any atom is 0.333 e. The van der Waals surface area contributed by atoms with Crippen molar-refractivity contribution in [3.05, 3.63) is 48.5 Å². The summed E-state index contributed by atoms with van der Waals surface area (Å²) in [5, 5.41) is 38.4. The number of imidazole rings is 1. The minimum absolute atomic E-state index is 0.196. The molecule has 13 nitrogen and oxygen atoms in total. The van der Waals surface area contributed by atoms with Crippen LogP contribution >= 0.6 is 0 Å². The normalized spacial score (nSPS) is 24.6. The second-order valence-electron chi connectivity index (χ2n) is 7.16. The Morgan fingerprint density at radius 1 is 1.19 bits per heavy atom. The van der Waals surface area contributed by atoms with Crippen molar-refractivity contribution in [2.45, 2.75) is 30.6 Å². The summed E-state index contributed by atoms with van der Waals surface area (Å²) >= 11 is 0. The fraction of sp³-hybridized carbons (Fsp3) is 0.389. The molecule has 0 amide bonds. The van der Waals surface area contributed by atoms with Crippen molar-refractivity contribution < 1.29 is 32.7 Å². The highest BCUT2D eigenvalue weighted by molar-refractivity contribution is 7.84. The van der Waals surface area contributed by atoms with E-state index in [9.17, 15) is 23.7 Å². The van der Waals surface area contributed by atoms with Crippen molar-refractivity contribution in [1.29, 1.82) is 0 Å². The fourth-order valence-corrected chi connectivity index (χ4v) is 3.81. The first-order valence-electron chi connectivity index (χ1n) is 9.57. The molecule has 5 atom stereocenters. The Labute approximate surface area is 182 Å². The molecule has 0 saturated carbocycles. The van der Waals surface area contributed by atoms with E-state index in [1.54, 1.807) is 0 Å². The number of benzene rings is 1. The minimum Gasteiger partial charge on any atom is -0.394 e. The van der Waals surface area contributed by atoms with Crippen LogP contribution in [0.15, 0.2) is 43.0 Å². The minimum atomic E-state index is -4.24. The summed E-state index contributed by atoms with van der Waals surface area (Å²) < 4.78 is 33.5. The van der Waals surface area contributed by atoms with E-state index in [1.165, 1.54) is 17.2 Å². The maximum atomic E-state index is 11.0. The van der Waals surface area contributed by atoms with E-state index in [0.717, 1.165) is 5.56 Å². The molecule has 1 aromatic carbocycles. The van der Waals surface area contributed by atoms with E-state index < -0.39 is 47.5 Å². The third-order valence-corrected chi connectivity index (χ3v) is 5.53. The summed E-state index contributed by atoms with van der Waals surface area (Å²) in [5.74, 6) is 0.346. The van der Waals surface area contributed by atoms with E-state index in [1.807, 2.05) is 30.3 Å². The van der Waals surface area contributed by atoms with Gasteiger partial charge in [0.05, 0.1) is 25.6 Å². The molecule has 1 fully saturated rings. The topological polar surface area (TPSA) is 195 Å². The molecule has 32 heavy (non-hydrogen) atoms. The zero-order valence-corrected chi connectivity index (χ0v) is 17.4. The second-order valence-corrected chi connectivity index (χ2v) is 8.38. The number of hydrogen-bond donors (Lipinski definition) is 5. The number of anilines is 1. The van der Waals surface area contributed by atoms with Gasteiger partial charge in [0.1, 0.15) is 24.6 Å². The first-order chi connectivity index (χ1) is 15.3. The van der Waals surface area contributed by atoms with Crippen LogP contribution in [0.25, 0.3) is 11.2 Å². The number of hydrogen-bond acceptors (Lipinski definition) is 11. The van der Waals surface area contributed by atoms with Gasteiger partial charge in [0.2, 0.25) is 0 Å². The Bertz CT molecular complexity index is 1180. The summed E-state index contributed by atoms with van der Waals surface area (Å²) in [5.41, 5.74) is 1.48. The van der Waals surface area contributed by atoms with Gasteiger partial charge in [0.25, 0.3) is 0 Å². The van der Waals surface area contributed by atoms with Gasteiger partial charge in [0, 0.05) is 0 Å². The van der Waals surface area contributed by atoms with Crippen molar-refractivity contribution in [3.8, 4) is 0 Å². The molecule has 2 aromatic heterocycles. The highest BCUT2D eigenvalue weighted by Crippen LogP contribution is 2.33. The molecule has 4 rings (SSSR count). The molecule has 1 saturated heterocycles. The molecular weight excluding hydrogens is 444 g/mol. The number of nitrogens with two attached hydrogens (primary N) is 1. The number of fused-ring (bicyclic) bond motifs is 1. The average molecular weight is 466 g/mol. The van der Waals surface area contributed by atoms with E-state index in [2.05, 4.69) is 24.5 Å². The fourth-order valence-electron chi connectivity index (χ4n) is 3.49. The van der Waals surface area contributed by atoms with Crippen LogP contribution in [0.5, 0.6) is 0 Å². The SMILES string of the molecule is NS(=O)(=O)OC[C@H]1O[C@@H](n2cnc3c(N[C@@H](CO)c4ccccc4)ncnc32)[C@H](O)[C@@H]1O. The molecule has 0 radical (unpaired) electrons. The lowest BCUT2D eigenvalue weighted by Gasteiger charge is -2.18. The van der Waals surface area contributed by atoms with Crippen LogP contribution in [0, 0.1) is 0 Å². The number of ether oxygens (including phenoxy) is 1. The largest absolute Gasteiger partial charge is 0.394 e. The van der Waals surface area contributed by atoms with Gasteiger partial charge in [-0.15, -0.1) is 0 Å². The van der Waals surface area contributed by atoms with E-state index in [0.29, 0.717) is 11.3 Å². The molecule has 172 valence electrons. The second kappa shape index (κ2) is 9.03. The highest BCUT2D eigenvalue weighted by atomic mass is 32.2. The molecule has 1 aliphatic heterocycles. The standard InChI is InChI=1S/C18H22N6O7S/c19-32(28,29)30-7-12-14(26)15(27)18(31-12)24-9-22-13-16(20-8-21-17(13)24)23-11(6-25)10-4-2-1-3-5-10/h1-5,8-9,11-12,14-15,18,25-27H,6-7H2,(H2,19,28,29)(H,20,21,23)/t11-,12+,14+,15+,18+/m0/s1. The molecule has 1 aliphatic rings. The van der Waals surface area contributed by atoms with Gasteiger partial charge in [-0.3, -0.25) is 8.75 Å². The van der Waals surface area contributed by atoms with Crippen molar-refractivity contribution in [2.75, 3.05) is 18.5 Å². The molecule has 3 aromatic rings. The predicted molar refractivity (Wildman–Crippen MR) is 110 cm³/mol. The van der Waals surface area contributed by atoms with E-state index >= 15 is 0 Å². The highest BCUT2D eigenvalue weighted by Gasteiger charge is 2.45. The summed E-state index contributed by atoms with van der Waals surface area (Å²) in [6.45, 7) is -0.768. The van der Waals surface area contributed by atoms with Gasteiger partial charge < -0.3 is 25.4 Å². The van der Waals surface area contributed by atoms with Gasteiger partial charge >= 0.3 is 10.3 Å². The van der Waals surface area contributed by atoms with Gasteiger partial charge in [-0.05, 0) is 5.56 Å². The van der Waals surface area contributed by atoms with Crippen LogP contribution < -0.4 is 10.5 Å². The Hall–Kier alpha value is -2.72.